The first-order valence-electron chi connectivity index (χ1n) is 8.04. The highest BCUT2D eigenvalue weighted by atomic mass is 35.5. The first-order chi connectivity index (χ1) is 12.5. The van der Waals surface area contributed by atoms with Crippen LogP contribution in [0, 0.1) is 0 Å². The van der Waals surface area contributed by atoms with E-state index in [1.807, 2.05) is 36.7 Å². The van der Waals surface area contributed by atoms with Gasteiger partial charge in [0.25, 0.3) is 0 Å². The van der Waals surface area contributed by atoms with Gasteiger partial charge < -0.3 is 9.88 Å². The van der Waals surface area contributed by atoms with Crippen molar-refractivity contribution >= 4 is 35.1 Å². The second-order valence-electron chi connectivity index (χ2n) is 5.73. The lowest BCUT2D eigenvalue weighted by Crippen LogP contribution is -2.23. The lowest BCUT2D eigenvalue weighted by atomic mass is 10.1. The third-order valence-electron chi connectivity index (χ3n) is 3.76. The van der Waals surface area contributed by atoms with Crippen molar-refractivity contribution in [3.05, 3.63) is 65.1 Å². The molecule has 1 amide bonds. The first kappa shape index (κ1) is 18.4. The molecular formula is C18H18ClN5OS. The van der Waals surface area contributed by atoms with Crippen LogP contribution in [0.25, 0.3) is 0 Å². The summed E-state index contributed by atoms with van der Waals surface area (Å²) in [5.74, 6) is 1.16. The first-order valence-corrected chi connectivity index (χ1v) is 9.30. The molecule has 6 nitrogen and oxygen atoms in total. The molecule has 0 spiro atoms. The van der Waals surface area contributed by atoms with Gasteiger partial charge in [0.15, 0.2) is 5.16 Å². The van der Waals surface area contributed by atoms with Crippen LogP contribution in [0.4, 0.5) is 5.82 Å². The van der Waals surface area contributed by atoms with Crippen LogP contribution in [0.2, 0.25) is 5.02 Å². The number of halogens is 1. The Morgan fingerprint density at radius 2 is 2.00 bits per heavy atom. The molecule has 3 rings (SSSR count). The van der Waals surface area contributed by atoms with E-state index in [1.54, 1.807) is 12.1 Å². The number of anilines is 1. The summed E-state index contributed by atoms with van der Waals surface area (Å²) in [4.78, 5) is 16.4. The molecule has 0 aliphatic heterocycles. The van der Waals surface area contributed by atoms with Crippen molar-refractivity contribution < 1.29 is 4.79 Å². The summed E-state index contributed by atoms with van der Waals surface area (Å²) in [6.45, 7) is 1.82. The molecule has 1 unspecified atom stereocenters. The van der Waals surface area contributed by atoms with E-state index < -0.39 is 0 Å². The summed E-state index contributed by atoms with van der Waals surface area (Å²) in [6.07, 6.45) is 2.19. The average molecular weight is 388 g/mol. The summed E-state index contributed by atoms with van der Waals surface area (Å²) < 4.78 is 1.92. The molecule has 0 radical (unpaired) electrons. The molecule has 0 saturated carbocycles. The van der Waals surface area contributed by atoms with E-state index in [0.29, 0.717) is 22.4 Å². The number of amides is 1. The van der Waals surface area contributed by atoms with Gasteiger partial charge in [-0.15, -0.1) is 10.2 Å². The third kappa shape index (κ3) is 4.62. The van der Waals surface area contributed by atoms with E-state index in [2.05, 4.69) is 32.6 Å². The van der Waals surface area contributed by atoms with E-state index in [9.17, 15) is 4.79 Å². The van der Waals surface area contributed by atoms with Gasteiger partial charge in [0.1, 0.15) is 11.6 Å². The Morgan fingerprint density at radius 1 is 1.23 bits per heavy atom. The second kappa shape index (κ2) is 8.33. The van der Waals surface area contributed by atoms with Crippen LogP contribution in [-0.4, -0.2) is 30.9 Å². The predicted octanol–water partition coefficient (Wildman–Crippen LogP) is 3.57. The van der Waals surface area contributed by atoms with Crippen LogP contribution >= 0.6 is 23.4 Å². The number of nitrogens with zero attached hydrogens (tertiary/aromatic N) is 4. The monoisotopic (exact) mass is 387 g/mol. The zero-order valence-electron chi connectivity index (χ0n) is 14.4. The summed E-state index contributed by atoms with van der Waals surface area (Å²) in [5.41, 5.74) is 1.17. The van der Waals surface area contributed by atoms with Gasteiger partial charge in [-0.2, -0.15) is 0 Å². The molecule has 26 heavy (non-hydrogen) atoms. The van der Waals surface area contributed by atoms with Crippen LogP contribution < -0.4 is 5.32 Å². The molecule has 3 aromatic rings. The molecule has 2 aromatic heterocycles. The molecule has 1 atom stereocenters. The highest BCUT2D eigenvalue weighted by Crippen LogP contribution is 2.23. The molecule has 0 aliphatic rings. The van der Waals surface area contributed by atoms with Gasteiger partial charge in [-0.3, -0.25) is 4.79 Å². The molecule has 0 aliphatic carbocycles. The van der Waals surface area contributed by atoms with Crippen LogP contribution in [0.15, 0.2) is 53.8 Å². The van der Waals surface area contributed by atoms with E-state index in [4.69, 9.17) is 11.6 Å². The largest absolute Gasteiger partial charge is 0.310 e. The standard InChI is InChI=1S/C18H18ClN5OS/c1-12(17(25)21-15-9-8-14(19)11-20-15)26-18-23-22-16(24(18)2)10-13-6-4-3-5-7-13/h3-9,11-12H,10H2,1-2H3,(H,20,21,25). The van der Waals surface area contributed by atoms with E-state index >= 15 is 0 Å². The van der Waals surface area contributed by atoms with Gasteiger partial charge >= 0.3 is 0 Å². The fourth-order valence-corrected chi connectivity index (χ4v) is 3.21. The van der Waals surface area contributed by atoms with Crippen molar-refractivity contribution in [2.24, 2.45) is 7.05 Å². The molecule has 0 bridgehead atoms. The van der Waals surface area contributed by atoms with E-state index in [-0.39, 0.29) is 11.2 Å². The van der Waals surface area contributed by atoms with Crippen LogP contribution in [0.3, 0.4) is 0 Å². The van der Waals surface area contributed by atoms with Gasteiger partial charge in [-0.25, -0.2) is 4.98 Å². The molecule has 1 aromatic carbocycles. The van der Waals surface area contributed by atoms with Crippen molar-refractivity contribution in [1.82, 2.24) is 19.7 Å². The molecule has 8 heteroatoms. The minimum absolute atomic E-state index is 0.155. The van der Waals surface area contributed by atoms with Crippen molar-refractivity contribution in [2.45, 2.75) is 23.8 Å². The Bertz CT molecular complexity index is 882. The fraction of sp³-hybridized carbons (Fsp3) is 0.222. The van der Waals surface area contributed by atoms with Crippen molar-refractivity contribution in [2.75, 3.05) is 5.32 Å². The lowest BCUT2D eigenvalue weighted by molar-refractivity contribution is -0.115. The third-order valence-corrected chi connectivity index (χ3v) is 5.12. The van der Waals surface area contributed by atoms with Crippen molar-refractivity contribution in [3.63, 3.8) is 0 Å². The number of thioether (sulfide) groups is 1. The van der Waals surface area contributed by atoms with Gasteiger partial charge in [-0.05, 0) is 24.6 Å². The number of pyridine rings is 1. The SMILES string of the molecule is CC(Sc1nnc(Cc2ccccc2)n1C)C(=O)Nc1ccc(Cl)cn1. The average Bonchev–Trinajstić information content (AvgIpc) is 2.98. The smallest absolute Gasteiger partial charge is 0.238 e. The maximum atomic E-state index is 12.3. The predicted molar refractivity (Wildman–Crippen MR) is 103 cm³/mol. The Morgan fingerprint density at radius 3 is 2.69 bits per heavy atom. The van der Waals surface area contributed by atoms with Gasteiger partial charge in [0.05, 0.1) is 10.3 Å². The van der Waals surface area contributed by atoms with Gasteiger partial charge in [0.2, 0.25) is 5.91 Å². The molecule has 0 fully saturated rings. The number of hydrogen-bond acceptors (Lipinski definition) is 5. The number of carbonyl (C=O) groups excluding carboxylic acids is 1. The maximum absolute atomic E-state index is 12.3. The summed E-state index contributed by atoms with van der Waals surface area (Å²) in [6, 6.07) is 13.4. The number of nitrogens with one attached hydrogen (secondary N) is 1. The topological polar surface area (TPSA) is 72.7 Å². The Hall–Kier alpha value is -2.38. The van der Waals surface area contributed by atoms with Crippen LogP contribution in [-0.2, 0) is 18.3 Å². The lowest BCUT2D eigenvalue weighted by Gasteiger charge is -2.11. The summed E-state index contributed by atoms with van der Waals surface area (Å²) in [7, 11) is 1.91. The molecule has 1 N–H and O–H groups in total. The van der Waals surface area contributed by atoms with E-state index in [0.717, 1.165) is 5.82 Å². The number of rotatable bonds is 6. The summed E-state index contributed by atoms with van der Waals surface area (Å²) >= 11 is 7.15. The molecule has 2 heterocycles. The Labute approximate surface area is 161 Å². The molecule has 134 valence electrons. The van der Waals surface area contributed by atoms with Crippen LogP contribution in [0.5, 0.6) is 0 Å². The maximum Gasteiger partial charge on any atom is 0.238 e. The number of carbonyl (C=O) groups is 1. The number of aromatic nitrogens is 4. The normalized spacial score (nSPS) is 12.0. The van der Waals surface area contributed by atoms with E-state index in [1.165, 1.54) is 23.5 Å². The van der Waals surface area contributed by atoms with Crippen molar-refractivity contribution in [1.29, 1.82) is 0 Å². The quantitative estimate of drug-likeness (QED) is 0.654. The zero-order chi connectivity index (χ0) is 18.5. The van der Waals surface area contributed by atoms with Gasteiger partial charge in [-0.1, -0.05) is 53.7 Å². The zero-order valence-corrected chi connectivity index (χ0v) is 16.0. The highest BCUT2D eigenvalue weighted by Gasteiger charge is 2.19. The number of benzene rings is 1. The van der Waals surface area contributed by atoms with Gasteiger partial charge in [0, 0.05) is 19.7 Å². The Balaban J connectivity index is 1.63. The fourth-order valence-electron chi connectivity index (χ4n) is 2.27. The highest BCUT2D eigenvalue weighted by molar-refractivity contribution is 8.00. The van der Waals surface area contributed by atoms with Crippen LogP contribution in [0.1, 0.15) is 18.3 Å². The second-order valence-corrected chi connectivity index (χ2v) is 7.48. The summed E-state index contributed by atoms with van der Waals surface area (Å²) in [5, 5.41) is 12.1. The molecule has 0 saturated heterocycles. The number of hydrogen-bond donors (Lipinski definition) is 1. The van der Waals surface area contributed by atoms with Crippen molar-refractivity contribution in [3.8, 4) is 0 Å². The molecular weight excluding hydrogens is 370 g/mol. The minimum atomic E-state index is -0.347. The Kier molecular flexibility index (Phi) is 5.90. The minimum Gasteiger partial charge on any atom is -0.310 e.